The van der Waals surface area contributed by atoms with Gasteiger partial charge in [0.1, 0.15) is 5.82 Å². The molecule has 23 heavy (non-hydrogen) atoms. The number of carbonyl (C=O) groups is 1. The third-order valence-electron chi connectivity index (χ3n) is 4.51. The highest BCUT2D eigenvalue weighted by molar-refractivity contribution is 5.99. The van der Waals surface area contributed by atoms with Crippen LogP contribution in [0.15, 0.2) is 42.6 Å². The van der Waals surface area contributed by atoms with E-state index in [4.69, 9.17) is 5.73 Å². The summed E-state index contributed by atoms with van der Waals surface area (Å²) in [4.78, 5) is 17.0. The minimum atomic E-state index is -0.423. The summed E-state index contributed by atoms with van der Waals surface area (Å²) in [6.07, 6.45) is 5.56. The maximum atomic E-state index is 13.0. The van der Waals surface area contributed by atoms with Gasteiger partial charge >= 0.3 is 0 Å². The van der Waals surface area contributed by atoms with Crippen LogP contribution in [0.3, 0.4) is 0 Å². The SMILES string of the molecule is Cc1cccc(C2(C(=O)Nc3ccc(N)nc3)CCCC2)c1.Cl. The molecule has 0 atom stereocenters. The predicted octanol–water partition coefficient (Wildman–Crippen LogP) is 3.84. The minimum Gasteiger partial charge on any atom is -0.384 e. The van der Waals surface area contributed by atoms with Crippen molar-refractivity contribution in [2.75, 3.05) is 11.1 Å². The molecule has 1 amide bonds. The van der Waals surface area contributed by atoms with Crippen LogP contribution in [0, 0.1) is 6.92 Å². The monoisotopic (exact) mass is 331 g/mol. The second-order valence-electron chi connectivity index (χ2n) is 6.08. The Balaban J connectivity index is 0.00000192. The lowest BCUT2D eigenvalue weighted by Crippen LogP contribution is -2.38. The summed E-state index contributed by atoms with van der Waals surface area (Å²) in [6, 6.07) is 11.8. The third kappa shape index (κ3) is 3.48. The van der Waals surface area contributed by atoms with Crippen molar-refractivity contribution in [3.8, 4) is 0 Å². The van der Waals surface area contributed by atoms with Crippen molar-refractivity contribution in [2.45, 2.75) is 38.0 Å². The topological polar surface area (TPSA) is 68.0 Å². The molecule has 1 aromatic carbocycles. The van der Waals surface area contributed by atoms with E-state index in [-0.39, 0.29) is 18.3 Å². The van der Waals surface area contributed by atoms with Crippen molar-refractivity contribution < 1.29 is 4.79 Å². The number of benzene rings is 1. The molecule has 122 valence electrons. The van der Waals surface area contributed by atoms with E-state index in [1.807, 2.05) is 6.07 Å². The van der Waals surface area contributed by atoms with Crippen molar-refractivity contribution in [1.29, 1.82) is 0 Å². The van der Waals surface area contributed by atoms with E-state index in [1.165, 1.54) is 5.56 Å². The van der Waals surface area contributed by atoms with Crippen molar-refractivity contribution in [2.24, 2.45) is 0 Å². The van der Waals surface area contributed by atoms with Crippen LogP contribution in [0.25, 0.3) is 0 Å². The maximum Gasteiger partial charge on any atom is 0.235 e. The number of carbonyl (C=O) groups excluding carboxylic acids is 1. The number of nitrogens with zero attached hydrogens (tertiary/aromatic N) is 1. The van der Waals surface area contributed by atoms with Crippen LogP contribution in [0.4, 0.5) is 11.5 Å². The molecule has 4 nitrogen and oxygen atoms in total. The van der Waals surface area contributed by atoms with Gasteiger partial charge in [-0.1, -0.05) is 42.7 Å². The molecular weight excluding hydrogens is 310 g/mol. The van der Waals surface area contributed by atoms with Crippen LogP contribution in [0.1, 0.15) is 36.8 Å². The van der Waals surface area contributed by atoms with Gasteiger partial charge in [0.2, 0.25) is 5.91 Å². The third-order valence-corrected chi connectivity index (χ3v) is 4.51. The van der Waals surface area contributed by atoms with Gasteiger partial charge in [-0.25, -0.2) is 4.98 Å². The number of amides is 1. The first-order chi connectivity index (χ1) is 10.6. The molecular formula is C18H22ClN3O. The lowest BCUT2D eigenvalue weighted by Gasteiger charge is -2.28. The molecule has 3 N–H and O–H groups in total. The van der Waals surface area contributed by atoms with Crippen molar-refractivity contribution >= 4 is 29.8 Å². The number of aromatic nitrogens is 1. The number of pyridine rings is 1. The maximum absolute atomic E-state index is 13.0. The number of anilines is 2. The first kappa shape index (κ1) is 17.3. The Morgan fingerprint density at radius 3 is 2.57 bits per heavy atom. The lowest BCUT2D eigenvalue weighted by molar-refractivity contribution is -0.121. The largest absolute Gasteiger partial charge is 0.384 e. The first-order valence-corrected chi connectivity index (χ1v) is 7.70. The number of nitrogens with two attached hydrogens (primary N) is 1. The Morgan fingerprint density at radius 2 is 1.96 bits per heavy atom. The molecule has 1 aromatic heterocycles. The highest BCUT2D eigenvalue weighted by Gasteiger charge is 2.42. The van der Waals surface area contributed by atoms with Crippen LogP contribution in [-0.4, -0.2) is 10.9 Å². The van der Waals surface area contributed by atoms with Crippen LogP contribution in [-0.2, 0) is 10.2 Å². The van der Waals surface area contributed by atoms with Gasteiger partial charge in [-0.15, -0.1) is 12.4 Å². The standard InChI is InChI=1S/C18H21N3O.ClH/c1-13-5-4-6-14(11-13)18(9-2-3-10-18)17(22)21-15-7-8-16(19)20-12-15;/h4-8,11-12H,2-3,9-10H2,1H3,(H2,19,20)(H,21,22);1H. The molecule has 0 aliphatic heterocycles. The molecule has 1 aliphatic rings. The summed E-state index contributed by atoms with van der Waals surface area (Å²) in [5, 5.41) is 3.01. The van der Waals surface area contributed by atoms with Gasteiger partial charge in [-0.3, -0.25) is 4.79 Å². The second kappa shape index (κ2) is 7.01. The summed E-state index contributed by atoms with van der Waals surface area (Å²) in [7, 11) is 0. The Labute approximate surface area is 142 Å². The highest BCUT2D eigenvalue weighted by Crippen LogP contribution is 2.42. The molecule has 3 rings (SSSR count). The average molecular weight is 332 g/mol. The van der Waals surface area contributed by atoms with E-state index < -0.39 is 5.41 Å². The smallest absolute Gasteiger partial charge is 0.235 e. The molecule has 0 radical (unpaired) electrons. The first-order valence-electron chi connectivity index (χ1n) is 7.70. The molecule has 1 fully saturated rings. The zero-order valence-corrected chi connectivity index (χ0v) is 14.0. The molecule has 1 saturated carbocycles. The quantitative estimate of drug-likeness (QED) is 0.897. The fourth-order valence-electron chi connectivity index (χ4n) is 3.30. The van der Waals surface area contributed by atoms with Crippen molar-refractivity contribution in [1.82, 2.24) is 4.98 Å². The van der Waals surface area contributed by atoms with Crippen LogP contribution < -0.4 is 11.1 Å². The summed E-state index contributed by atoms with van der Waals surface area (Å²) in [5.41, 5.74) is 8.16. The van der Waals surface area contributed by atoms with E-state index in [0.29, 0.717) is 11.5 Å². The van der Waals surface area contributed by atoms with Crippen molar-refractivity contribution in [3.05, 3.63) is 53.7 Å². The molecule has 1 heterocycles. The van der Waals surface area contributed by atoms with Gasteiger partial charge in [0, 0.05) is 0 Å². The normalized spacial score (nSPS) is 15.7. The molecule has 1 aliphatic carbocycles. The van der Waals surface area contributed by atoms with Gasteiger partial charge in [-0.2, -0.15) is 0 Å². The molecule has 2 aromatic rings. The van der Waals surface area contributed by atoms with Crippen LogP contribution >= 0.6 is 12.4 Å². The zero-order valence-electron chi connectivity index (χ0n) is 13.2. The number of halogens is 1. The number of hydrogen-bond acceptors (Lipinski definition) is 3. The van der Waals surface area contributed by atoms with Gasteiger partial charge in [-0.05, 0) is 37.5 Å². The molecule has 0 unspecified atom stereocenters. The second-order valence-corrected chi connectivity index (χ2v) is 6.08. The number of rotatable bonds is 3. The highest BCUT2D eigenvalue weighted by atomic mass is 35.5. The Kier molecular flexibility index (Phi) is 5.26. The van der Waals surface area contributed by atoms with E-state index in [2.05, 4.69) is 35.4 Å². The summed E-state index contributed by atoms with van der Waals surface area (Å²) >= 11 is 0. The van der Waals surface area contributed by atoms with Crippen molar-refractivity contribution in [3.63, 3.8) is 0 Å². The minimum absolute atomic E-state index is 0. The van der Waals surface area contributed by atoms with E-state index in [0.717, 1.165) is 31.2 Å². The molecule has 5 heteroatoms. The summed E-state index contributed by atoms with van der Waals surface area (Å²) < 4.78 is 0. The molecule has 0 saturated heterocycles. The Morgan fingerprint density at radius 1 is 1.22 bits per heavy atom. The van der Waals surface area contributed by atoms with E-state index in [1.54, 1.807) is 18.3 Å². The lowest BCUT2D eigenvalue weighted by atomic mass is 9.77. The van der Waals surface area contributed by atoms with Crippen LogP contribution in [0.2, 0.25) is 0 Å². The zero-order chi connectivity index (χ0) is 15.6. The fraction of sp³-hybridized carbons (Fsp3) is 0.333. The summed E-state index contributed by atoms with van der Waals surface area (Å²) in [6.45, 7) is 2.06. The van der Waals surface area contributed by atoms with Crippen LogP contribution in [0.5, 0.6) is 0 Å². The molecule has 0 bridgehead atoms. The molecule has 0 spiro atoms. The van der Waals surface area contributed by atoms with Gasteiger partial charge in [0.05, 0.1) is 17.3 Å². The average Bonchev–Trinajstić information content (AvgIpc) is 3.00. The Hall–Kier alpha value is -2.07. The fourth-order valence-corrected chi connectivity index (χ4v) is 3.30. The predicted molar refractivity (Wildman–Crippen MR) is 95.9 cm³/mol. The van der Waals surface area contributed by atoms with E-state index in [9.17, 15) is 4.79 Å². The van der Waals surface area contributed by atoms with Gasteiger partial charge < -0.3 is 11.1 Å². The number of nitrogen functional groups attached to an aromatic ring is 1. The Bertz CT molecular complexity index is 679. The van der Waals surface area contributed by atoms with E-state index >= 15 is 0 Å². The number of nitrogens with one attached hydrogen (secondary N) is 1. The summed E-state index contributed by atoms with van der Waals surface area (Å²) in [5.74, 6) is 0.509. The van der Waals surface area contributed by atoms with Gasteiger partial charge in [0.15, 0.2) is 0 Å². The number of aryl methyl sites for hydroxylation is 1. The van der Waals surface area contributed by atoms with Gasteiger partial charge in [0.25, 0.3) is 0 Å². The number of hydrogen-bond donors (Lipinski definition) is 2.